The van der Waals surface area contributed by atoms with Crippen LogP contribution in [0.25, 0.3) is 0 Å². The highest BCUT2D eigenvalue weighted by molar-refractivity contribution is 9.10. The number of ether oxygens (including phenoxy) is 1. The Labute approximate surface area is 127 Å². The Morgan fingerprint density at radius 3 is 2.84 bits per heavy atom. The average molecular weight is 386 g/mol. The van der Waals surface area contributed by atoms with Crippen molar-refractivity contribution < 1.29 is 9.53 Å². The van der Waals surface area contributed by atoms with Gasteiger partial charge in [-0.05, 0) is 46.3 Å². The zero-order valence-corrected chi connectivity index (χ0v) is 12.9. The highest BCUT2D eigenvalue weighted by atomic mass is 79.9. The Kier molecular flexibility index (Phi) is 4.93. The minimum Gasteiger partial charge on any atom is -0.481 e. The fourth-order valence-electron chi connectivity index (χ4n) is 1.39. The Morgan fingerprint density at radius 1 is 1.26 bits per heavy atom. The summed E-state index contributed by atoms with van der Waals surface area (Å²) >= 11 is 6.59. The van der Waals surface area contributed by atoms with Crippen molar-refractivity contribution in [2.75, 3.05) is 11.9 Å². The molecule has 0 aliphatic heterocycles. The first-order valence-corrected chi connectivity index (χ1v) is 7.02. The quantitative estimate of drug-likeness (QED) is 0.817. The number of hydrogen-bond donors (Lipinski definition) is 1. The maximum atomic E-state index is 11.7. The van der Waals surface area contributed by atoms with E-state index in [1.54, 1.807) is 18.3 Å². The van der Waals surface area contributed by atoms with Gasteiger partial charge in [-0.25, -0.2) is 4.98 Å². The molecular formula is C13H10Br2N2O2. The number of anilines is 1. The number of carbonyl (C=O) groups excluding carboxylic acids is 1. The van der Waals surface area contributed by atoms with Crippen LogP contribution in [0.3, 0.4) is 0 Å². The van der Waals surface area contributed by atoms with Crippen LogP contribution in [0.5, 0.6) is 5.75 Å². The summed E-state index contributed by atoms with van der Waals surface area (Å²) < 4.78 is 6.85. The van der Waals surface area contributed by atoms with Gasteiger partial charge in [0.25, 0.3) is 5.91 Å². The summed E-state index contributed by atoms with van der Waals surface area (Å²) in [4.78, 5) is 15.7. The molecule has 0 fully saturated rings. The number of nitrogens with one attached hydrogen (secondary N) is 1. The van der Waals surface area contributed by atoms with Crippen LogP contribution in [0.2, 0.25) is 0 Å². The molecular weight excluding hydrogens is 376 g/mol. The van der Waals surface area contributed by atoms with Gasteiger partial charge in [-0.1, -0.05) is 22.0 Å². The standard InChI is InChI=1S/C13H10Br2N2O2/c14-9-3-1-4-10(7-9)17-12(18)8-19-11-5-2-6-16-13(11)15/h1-7H,8H2,(H,17,18). The van der Waals surface area contributed by atoms with Gasteiger partial charge in [0.15, 0.2) is 12.4 Å². The van der Waals surface area contributed by atoms with Crippen LogP contribution in [0.15, 0.2) is 51.7 Å². The zero-order chi connectivity index (χ0) is 13.7. The molecule has 0 unspecified atom stereocenters. The van der Waals surface area contributed by atoms with E-state index in [9.17, 15) is 4.79 Å². The molecule has 6 heteroatoms. The normalized spacial score (nSPS) is 10.0. The number of halogens is 2. The van der Waals surface area contributed by atoms with Gasteiger partial charge in [0, 0.05) is 16.4 Å². The number of benzene rings is 1. The molecule has 0 aliphatic rings. The average Bonchev–Trinajstić information content (AvgIpc) is 2.38. The van der Waals surface area contributed by atoms with E-state index in [2.05, 4.69) is 42.2 Å². The van der Waals surface area contributed by atoms with Crippen LogP contribution < -0.4 is 10.1 Å². The minimum atomic E-state index is -0.228. The summed E-state index contributed by atoms with van der Waals surface area (Å²) in [5, 5.41) is 2.74. The fraction of sp³-hybridized carbons (Fsp3) is 0.0769. The molecule has 1 aromatic heterocycles. The van der Waals surface area contributed by atoms with Crippen LogP contribution in [-0.4, -0.2) is 17.5 Å². The van der Waals surface area contributed by atoms with Crippen LogP contribution in [0, 0.1) is 0 Å². The predicted octanol–water partition coefficient (Wildman–Crippen LogP) is 3.62. The van der Waals surface area contributed by atoms with E-state index < -0.39 is 0 Å². The first-order chi connectivity index (χ1) is 9.15. The van der Waals surface area contributed by atoms with Crippen LogP contribution in [0.4, 0.5) is 5.69 Å². The second-order valence-corrected chi connectivity index (χ2v) is 5.31. The zero-order valence-electron chi connectivity index (χ0n) is 9.77. The van der Waals surface area contributed by atoms with Crippen LogP contribution in [-0.2, 0) is 4.79 Å². The van der Waals surface area contributed by atoms with Gasteiger partial charge >= 0.3 is 0 Å². The minimum absolute atomic E-state index is 0.0726. The Balaban J connectivity index is 1.90. The molecule has 2 rings (SSSR count). The molecule has 1 heterocycles. The summed E-state index contributed by atoms with van der Waals surface area (Å²) in [7, 11) is 0. The number of hydrogen-bond acceptors (Lipinski definition) is 3. The smallest absolute Gasteiger partial charge is 0.262 e. The number of aromatic nitrogens is 1. The topological polar surface area (TPSA) is 51.2 Å². The second kappa shape index (κ2) is 6.68. The lowest BCUT2D eigenvalue weighted by atomic mass is 10.3. The van der Waals surface area contributed by atoms with Gasteiger partial charge in [-0.3, -0.25) is 4.79 Å². The van der Waals surface area contributed by atoms with Crippen LogP contribution in [0.1, 0.15) is 0 Å². The van der Waals surface area contributed by atoms with Gasteiger partial charge < -0.3 is 10.1 Å². The molecule has 1 N–H and O–H groups in total. The monoisotopic (exact) mass is 384 g/mol. The van der Waals surface area contributed by atoms with Gasteiger partial charge in [-0.2, -0.15) is 0 Å². The van der Waals surface area contributed by atoms with Gasteiger partial charge in [0.1, 0.15) is 4.60 Å². The molecule has 19 heavy (non-hydrogen) atoms. The summed E-state index contributed by atoms with van der Waals surface area (Å²) in [6, 6.07) is 10.8. The van der Waals surface area contributed by atoms with Crippen LogP contribution >= 0.6 is 31.9 Å². The van der Waals surface area contributed by atoms with Crippen molar-refractivity contribution in [1.29, 1.82) is 0 Å². The van der Waals surface area contributed by atoms with E-state index in [1.165, 1.54) is 0 Å². The number of rotatable bonds is 4. The second-order valence-electron chi connectivity index (χ2n) is 3.64. The third-order valence-electron chi connectivity index (χ3n) is 2.19. The lowest BCUT2D eigenvalue weighted by Gasteiger charge is -2.08. The maximum Gasteiger partial charge on any atom is 0.262 e. The van der Waals surface area contributed by atoms with E-state index in [-0.39, 0.29) is 12.5 Å². The molecule has 2 aromatic rings. The summed E-state index contributed by atoms with van der Waals surface area (Å²) in [5.41, 5.74) is 0.716. The maximum absolute atomic E-state index is 11.7. The van der Waals surface area contributed by atoms with Crippen molar-refractivity contribution in [2.45, 2.75) is 0 Å². The van der Waals surface area contributed by atoms with Crippen molar-refractivity contribution in [3.8, 4) is 5.75 Å². The first kappa shape index (κ1) is 14.0. The van der Waals surface area contributed by atoms with Crippen molar-refractivity contribution >= 4 is 43.5 Å². The molecule has 0 radical (unpaired) electrons. The predicted molar refractivity (Wildman–Crippen MR) is 80.2 cm³/mol. The van der Waals surface area contributed by atoms with Crippen molar-refractivity contribution in [1.82, 2.24) is 4.98 Å². The molecule has 0 atom stereocenters. The lowest BCUT2D eigenvalue weighted by molar-refractivity contribution is -0.118. The number of nitrogens with zero attached hydrogens (tertiary/aromatic N) is 1. The third kappa shape index (κ3) is 4.33. The fourth-order valence-corrected chi connectivity index (χ4v) is 2.15. The molecule has 0 spiro atoms. The highest BCUT2D eigenvalue weighted by Crippen LogP contribution is 2.21. The SMILES string of the molecule is O=C(COc1cccnc1Br)Nc1cccc(Br)c1. The molecule has 0 bridgehead atoms. The molecule has 1 amide bonds. The van der Waals surface area contributed by atoms with Gasteiger partial charge in [-0.15, -0.1) is 0 Å². The van der Waals surface area contributed by atoms with E-state index in [4.69, 9.17) is 4.74 Å². The molecule has 0 saturated heterocycles. The van der Waals surface area contributed by atoms with E-state index >= 15 is 0 Å². The van der Waals surface area contributed by atoms with Gasteiger partial charge in [0.2, 0.25) is 0 Å². The summed E-state index contributed by atoms with van der Waals surface area (Å²) in [6.07, 6.45) is 1.64. The highest BCUT2D eigenvalue weighted by Gasteiger charge is 2.06. The Bertz CT molecular complexity index is 590. The van der Waals surface area contributed by atoms with Crippen molar-refractivity contribution in [3.05, 3.63) is 51.7 Å². The van der Waals surface area contributed by atoms with E-state index in [1.807, 2.05) is 24.3 Å². The van der Waals surface area contributed by atoms with Gasteiger partial charge in [0.05, 0.1) is 0 Å². The van der Waals surface area contributed by atoms with E-state index in [0.29, 0.717) is 16.0 Å². The number of amides is 1. The largest absolute Gasteiger partial charge is 0.481 e. The van der Waals surface area contributed by atoms with E-state index in [0.717, 1.165) is 4.47 Å². The molecule has 1 aromatic carbocycles. The Hall–Kier alpha value is -1.40. The third-order valence-corrected chi connectivity index (χ3v) is 3.28. The molecule has 98 valence electrons. The number of carbonyl (C=O) groups is 1. The first-order valence-electron chi connectivity index (χ1n) is 5.44. The van der Waals surface area contributed by atoms with Crippen molar-refractivity contribution in [2.24, 2.45) is 0 Å². The lowest BCUT2D eigenvalue weighted by Crippen LogP contribution is -2.20. The summed E-state index contributed by atoms with van der Waals surface area (Å²) in [6.45, 7) is -0.0726. The summed E-state index contributed by atoms with van der Waals surface area (Å²) in [5.74, 6) is 0.306. The number of pyridine rings is 1. The molecule has 0 aliphatic carbocycles. The Morgan fingerprint density at radius 2 is 2.11 bits per heavy atom. The van der Waals surface area contributed by atoms with Crippen molar-refractivity contribution in [3.63, 3.8) is 0 Å². The molecule has 4 nitrogen and oxygen atoms in total. The molecule has 0 saturated carbocycles.